The molecule has 1 unspecified atom stereocenters. The minimum absolute atomic E-state index is 0.0909. The Bertz CT molecular complexity index is 336. The molecule has 0 saturated heterocycles. The molecule has 0 aromatic carbocycles. The van der Waals surface area contributed by atoms with Gasteiger partial charge >= 0.3 is 0 Å². The van der Waals surface area contributed by atoms with E-state index in [2.05, 4.69) is 17.1 Å². The number of nitrogens with two attached hydrogens (primary N) is 1. The van der Waals surface area contributed by atoms with Crippen molar-refractivity contribution in [3.8, 4) is 0 Å². The molecule has 1 atom stereocenters. The second-order valence-corrected chi connectivity index (χ2v) is 5.86. The fourth-order valence-corrected chi connectivity index (χ4v) is 2.35. The summed E-state index contributed by atoms with van der Waals surface area (Å²) >= 11 is 0. The molecule has 0 radical (unpaired) electrons. The summed E-state index contributed by atoms with van der Waals surface area (Å²) < 4.78 is 5.22. The Hall–Kier alpha value is -0.900. The number of nitrogens with zero attached hydrogens (tertiary/aromatic N) is 2. The molecule has 0 fully saturated rings. The zero-order valence-electron chi connectivity index (χ0n) is 13.2. The molecule has 1 heterocycles. The van der Waals surface area contributed by atoms with Crippen molar-refractivity contribution in [2.75, 3.05) is 0 Å². The Kier molecular flexibility index (Phi) is 9.29. The Labute approximate surface area is 123 Å². The summed E-state index contributed by atoms with van der Waals surface area (Å²) in [6.45, 7) is 4.22. The monoisotopic (exact) mass is 281 g/mol. The fraction of sp³-hybridized carbons (Fsp3) is 0.875. The topological polar surface area (TPSA) is 64.9 Å². The maximum Gasteiger partial charge on any atom is 0.226 e. The molecule has 1 rings (SSSR count). The van der Waals surface area contributed by atoms with Crippen LogP contribution in [0.4, 0.5) is 0 Å². The van der Waals surface area contributed by atoms with E-state index in [0.717, 1.165) is 24.6 Å². The summed E-state index contributed by atoms with van der Waals surface area (Å²) in [5.74, 6) is 1.51. The molecular weight excluding hydrogens is 250 g/mol. The fourth-order valence-electron chi connectivity index (χ4n) is 2.35. The van der Waals surface area contributed by atoms with E-state index in [0.29, 0.717) is 6.42 Å². The molecule has 0 spiro atoms. The molecule has 0 amide bonds. The van der Waals surface area contributed by atoms with Gasteiger partial charge in [0.15, 0.2) is 5.82 Å². The summed E-state index contributed by atoms with van der Waals surface area (Å²) in [4.78, 5) is 4.36. The molecule has 4 heteroatoms. The average molecular weight is 281 g/mol. The molecule has 4 nitrogen and oxygen atoms in total. The minimum Gasteiger partial charge on any atom is -0.339 e. The van der Waals surface area contributed by atoms with Crippen LogP contribution in [0.15, 0.2) is 4.52 Å². The Balaban J connectivity index is 1.97. The standard InChI is InChI=1S/C16H31N3O/c1-3-4-5-6-7-8-9-10-11-12-16-18-15(19-20-16)13-14(2)17/h14H,3-13,17H2,1-2H3. The third-order valence-corrected chi connectivity index (χ3v) is 3.51. The van der Waals surface area contributed by atoms with Gasteiger partial charge in [-0.2, -0.15) is 4.98 Å². The maximum atomic E-state index is 5.71. The van der Waals surface area contributed by atoms with Gasteiger partial charge in [-0.1, -0.05) is 63.4 Å². The number of aryl methyl sites for hydroxylation is 1. The minimum atomic E-state index is 0.0909. The zero-order chi connectivity index (χ0) is 14.6. The predicted octanol–water partition coefficient (Wildman–Crippen LogP) is 4.03. The summed E-state index contributed by atoms with van der Waals surface area (Å²) in [6, 6.07) is 0.0909. The first-order valence-corrected chi connectivity index (χ1v) is 8.29. The highest BCUT2D eigenvalue weighted by Gasteiger charge is 2.07. The highest BCUT2D eigenvalue weighted by Crippen LogP contribution is 2.11. The second-order valence-electron chi connectivity index (χ2n) is 5.86. The summed E-state index contributed by atoms with van der Waals surface area (Å²) in [5, 5.41) is 3.95. The Morgan fingerprint density at radius 2 is 1.60 bits per heavy atom. The van der Waals surface area contributed by atoms with Crippen LogP contribution in [0.25, 0.3) is 0 Å². The van der Waals surface area contributed by atoms with Crippen LogP contribution in [0, 0.1) is 0 Å². The van der Waals surface area contributed by atoms with E-state index >= 15 is 0 Å². The first-order valence-electron chi connectivity index (χ1n) is 8.29. The first-order chi connectivity index (χ1) is 9.72. The van der Waals surface area contributed by atoms with Crippen LogP contribution < -0.4 is 5.73 Å². The second kappa shape index (κ2) is 10.8. The normalized spacial score (nSPS) is 12.8. The SMILES string of the molecule is CCCCCCCCCCCc1nc(CC(C)N)no1. The summed E-state index contributed by atoms with van der Waals surface area (Å²) in [7, 11) is 0. The van der Waals surface area contributed by atoms with E-state index in [-0.39, 0.29) is 6.04 Å². The first kappa shape index (κ1) is 17.2. The van der Waals surface area contributed by atoms with Crippen molar-refractivity contribution in [2.24, 2.45) is 5.73 Å². The van der Waals surface area contributed by atoms with E-state index in [1.165, 1.54) is 51.4 Å². The van der Waals surface area contributed by atoms with Crippen molar-refractivity contribution in [3.05, 3.63) is 11.7 Å². The third kappa shape index (κ3) is 8.31. The molecule has 0 aliphatic heterocycles. The number of hydrogen-bond acceptors (Lipinski definition) is 4. The maximum absolute atomic E-state index is 5.71. The van der Waals surface area contributed by atoms with Gasteiger partial charge in [0.05, 0.1) is 0 Å². The van der Waals surface area contributed by atoms with Crippen molar-refractivity contribution in [1.29, 1.82) is 0 Å². The van der Waals surface area contributed by atoms with Crippen molar-refractivity contribution in [2.45, 2.75) is 90.5 Å². The van der Waals surface area contributed by atoms with Crippen molar-refractivity contribution < 1.29 is 4.52 Å². The number of aromatic nitrogens is 2. The Morgan fingerprint density at radius 1 is 1.00 bits per heavy atom. The molecular formula is C16H31N3O. The van der Waals surface area contributed by atoms with Crippen LogP contribution in [0.2, 0.25) is 0 Å². The van der Waals surface area contributed by atoms with Gasteiger partial charge in [0.1, 0.15) is 0 Å². The molecule has 0 aliphatic carbocycles. The largest absolute Gasteiger partial charge is 0.339 e. The van der Waals surface area contributed by atoms with Gasteiger partial charge in [0.25, 0.3) is 0 Å². The van der Waals surface area contributed by atoms with E-state index in [9.17, 15) is 0 Å². The lowest BCUT2D eigenvalue weighted by Crippen LogP contribution is -2.18. The number of hydrogen-bond donors (Lipinski definition) is 1. The predicted molar refractivity (Wildman–Crippen MR) is 82.6 cm³/mol. The summed E-state index contributed by atoms with van der Waals surface area (Å²) in [6.07, 6.45) is 13.6. The van der Waals surface area contributed by atoms with Gasteiger partial charge in [-0.3, -0.25) is 0 Å². The summed E-state index contributed by atoms with van der Waals surface area (Å²) in [5.41, 5.74) is 5.71. The van der Waals surface area contributed by atoms with Crippen molar-refractivity contribution in [3.63, 3.8) is 0 Å². The molecule has 0 aliphatic rings. The van der Waals surface area contributed by atoms with Gasteiger partial charge in [0, 0.05) is 18.9 Å². The van der Waals surface area contributed by atoms with Crippen molar-refractivity contribution >= 4 is 0 Å². The van der Waals surface area contributed by atoms with Crippen LogP contribution in [0.5, 0.6) is 0 Å². The van der Waals surface area contributed by atoms with E-state index in [1.807, 2.05) is 6.92 Å². The third-order valence-electron chi connectivity index (χ3n) is 3.51. The smallest absolute Gasteiger partial charge is 0.226 e. The van der Waals surface area contributed by atoms with Gasteiger partial charge in [-0.25, -0.2) is 0 Å². The van der Waals surface area contributed by atoms with Crippen LogP contribution >= 0.6 is 0 Å². The van der Waals surface area contributed by atoms with E-state index in [4.69, 9.17) is 10.3 Å². The van der Waals surface area contributed by atoms with Crippen LogP contribution in [0.3, 0.4) is 0 Å². The van der Waals surface area contributed by atoms with E-state index < -0.39 is 0 Å². The van der Waals surface area contributed by atoms with Gasteiger partial charge in [-0.05, 0) is 13.3 Å². The van der Waals surface area contributed by atoms with Gasteiger partial charge < -0.3 is 10.3 Å². The van der Waals surface area contributed by atoms with Crippen molar-refractivity contribution in [1.82, 2.24) is 10.1 Å². The van der Waals surface area contributed by atoms with Crippen LogP contribution in [-0.4, -0.2) is 16.2 Å². The lowest BCUT2D eigenvalue weighted by Gasteiger charge is -2.00. The number of rotatable bonds is 12. The number of unbranched alkanes of at least 4 members (excludes halogenated alkanes) is 8. The molecule has 0 saturated carbocycles. The van der Waals surface area contributed by atoms with Crippen LogP contribution in [0.1, 0.15) is 83.3 Å². The lowest BCUT2D eigenvalue weighted by atomic mass is 10.1. The zero-order valence-corrected chi connectivity index (χ0v) is 13.2. The molecule has 1 aromatic heterocycles. The van der Waals surface area contributed by atoms with E-state index in [1.54, 1.807) is 0 Å². The molecule has 116 valence electrons. The molecule has 0 bridgehead atoms. The van der Waals surface area contributed by atoms with Gasteiger partial charge in [0.2, 0.25) is 5.89 Å². The molecule has 1 aromatic rings. The average Bonchev–Trinajstić information content (AvgIpc) is 2.83. The molecule has 2 N–H and O–H groups in total. The highest BCUT2D eigenvalue weighted by molar-refractivity contribution is 4.88. The van der Waals surface area contributed by atoms with Crippen LogP contribution in [-0.2, 0) is 12.8 Å². The quantitative estimate of drug-likeness (QED) is 0.587. The highest BCUT2D eigenvalue weighted by atomic mass is 16.5. The lowest BCUT2D eigenvalue weighted by molar-refractivity contribution is 0.367. The van der Waals surface area contributed by atoms with Gasteiger partial charge in [-0.15, -0.1) is 0 Å². The Morgan fingerprint density at radius 3 is 2.20 bits per heavy atom. The molecule has 20 heavy (non-hydrogen) atoms.